The fraction of sp³-hybridized carbons (Fsp3) is 0.500. The van der Waals surface area contributed by atoms with Crippen LogP contribution in [-0.4, -0.2) is 48.3 Å². The van der Waals surface area contributed by atoms with Gasteiger partial charge in [0.1, 0.15) is 5.75 Å². The van der Waals surface area contributed by atoms with Crippen molar-refractivity contribution in [2.24, 2.45) is 0 Å². The Bertz CT molecular complexity index is 495. The molecule has 0 radical (unpaired) electrons. The van der Waals surface area contributed by atoms with Crippen molar-refractivity contribution in [3.63, 3.8) is 0 Å². The van der Waals surface area contributed by atoms with Gasteiger partial charge in [0.2, 0.25) is 0 Å². The van der Waals surface area contributed by atoms with Gasteiger partial charge in [0.25, 0.3) is 5.91 Å². The molecule has 116 valence electrons. The summed E-state index contributed by atoms with van der Waals surface area (Å²) in [7, 11) is 0. The average molecular weight is 423 g/mol. The van der Waals surface area contributed by atoms with Gasteiger partial charge >= 0.3 is 0 Å². The van der Waals surface area contributed by atoms with E-state index in [1.54, 1.807) is 24.0 Å². The molecule has 0 saturated carbocycles. The van der Waals surface area contributed by atoms with Crippen LogP contribution in [0.2, 0.25) is 0 Å². The first-order chi connectivity index (χ1) is 10.0. The lowest BCUT2D eigenvalue weighted by atomic mass is 10.2. The van der Waals surface area contributed by atoms with Crippen LogP contribution in [0.3, 0.4) is 0 Å². The summed E-state index contributed by atoms with van der Waals surface area (Å²) in [5.74, 6) is 0.504. The van der Waals surface area contributed by atoms with Gasteiger partial charge in [-0.05, 0) is 56.5 Å². The summed E-state index contributed by atoms with van der Waals surface area (Å²) in [5, 5.41) is 9.16. The van der Waals surface area contributed by atoms with E-state index in [-0.39, 0.29) is 12.5 Å². The number of carbonyl (C=O) groups is 1. The number of ether oxygens (including phenoxy) is 2. The standard InChI is InChI=1S/C14H17Br2NO4/c1-9(14(19)17-2-4-20-5-3-17)21-13-11(15)6-10(8-18)7-12(13)16/h6-7,9,18H,2-5,8H2,1H3. The molecule has 1 unspecified atom stereocenters. The highest BCUT2D eigenvalue weighted by atomic mass is 79.9. The van der Waals surface area contributed by atoms with Crippen molar-refractivity contribution < 1.29 is 19.4 Å². The lowest BCUT2D eigenvalue weighted by Gasteiger charge is -2.29. The van der Waals surface area contributed by atoms with Gasteiger partial charge in [0.05, 0.1) is 28.8 Å². The van der Waals surface area contributed by atoms with E-state index in [0.717, 1.165) is 5.56 Å². The van der Waals surface area contributed by atoms with Crippen LogP contribution >= 0.6 is 31.9 Å². The average Bonchev–Trinajstić information content (AvgIpc) is 2.50. The van der Waals surface area contributed by atoms with Crippen molar-refractivity contribution >= 4 is 37.8 Å². The quantitative estimate of drug-likeness (QED) is 0.808. The number of aliphatic hydroxyl groups excluding tert-OH is 1. The molecule has 2 rings (SSSR count). The first-order valence-electron chi connectivity index (χ1n) is 6.65. The largest absolute Gasteiger partial charge is 0.479 e. The second kappa shape index (κ2) is 7.58. The molecule has 0 aliphatic carbocycles. The smallest absolute Gasteiger partial charge is 0.263 e. The number of carbonyl (C=O) groups excluding carboxylic acids is 1. The molecule has 1 heterocycles. The third-order valence-electron chi connectivity index (χ3n) is 3.21. The van der Waals surface area contributed by atoms with Crippen molar-refractivity contribution in [3.05, 3.63) is 26.6 Å². The van der Waals surface area contributed by atoms with Crippen LogP contribution in [0.1, 0.15) is 12.5 Å². The Balaban J connectivity index is 2.08. The van der Waals surface area contributed by atoms with Crippen LogP contribution in [-0.2, 0) is 16.1 Å². The number of hydrogen-bond donors (Lipinski definition) is 1. The molecule has 0 aromatic heterocycles. The molecule has 21 heavy (non-hydrogen) atoms. The summed E-state index contributed by atoms with van der Waals surface area (Å²) in [6.07, 6.45) is -0.587. The molecule has 0 spiro atoms. The molecule has 5 nitrogen and oxygen atoms in total. The van der Waals surface area contributed by atoms with Gasteiger partial charge in [-0.2, -0.15) is 0 Å². The third-order valence-corrected chi connectivity index (χ3v) is 4.38. The molecule has 1 saturated heterocycles. The topological polar surface area (TPSA) is 59.0 Å². The predicted molar refractivity (Wildman–Crippen MR) is 85.3 cm³/mol. The number of benzene rings is 1. The minimum atomic E-state index is -0.587. The zero-order chi connectivity index (χ0) is 15.4. The van der Waals surface area contributed by atoms with Gasteiger partial charge in [-0.25, -0.2) is 0 Å². The molecule has 1 aromatic carbocycles. The first kappa shape index (κ1) is 16.7. The molecule has 1 atom stereocenters. The SMILES string of the molecule is CC(Oc1c(Br)cc(CO)cc1Br)C(=O)N1CCOCC1. The number of amides is 1. The van der Waals surface area contributed by atoms with E-state index in [4.69, 9.17) is 14.6 Å². The zero-order valence-electron chi connectivity index (χ0n) is 11.6. The van der Waals surface area contributed by atoms with E-state index in [1.165, 1.54) is 0 Å². The van der Waals surface area contributed by atoms with E-state index in [1.807, 2.05) is 0 Å². The first-order valence-corrected chi connectivity index (χ1v) is 8.23. The Morgan fingerprint density at radius 3 is 2.48 bits per heavy atom. The van der Waals surface area contributed by atoms with E-state index in [0.29, 0.717) is 41.0 Å². The molecule has 1 N–H and O–H groups in total. The monoisotopic (exact) mass is 421 g/mol. The summed E-state index contributed by atoms with van der Waals surface area (Å²) in [6.45, 7) is 4.00. The number of aliphatic hydroxyl groups is 1. The van der Waals surface area contributed by atoms with Gasteiger partial charge in [-0.3, -0.25) is 4.79 Å². The molecule has 1 aliphatic heterocycles. The number of hydrogen-bond acceptors (Lipinski definition) is 4. The summed E-state index contributed by atoms with van der Waals surface area (Å²) in [4.78, 5) is 14.1. The highest BCUT2D eigenvalue weighted by Crippen LogP contribution is 2.35. The van der Waals surface area contributed by atoms with E-state index < -0.39 is 6.10 Å². The summed E-state index contributed by atoms with van der Waals surface area (Å²) in [5.41, 5.74) is 0.758. The summed E-state index contributed by atoms with van der Waals surface area (Å²) >= 11 is 6.80. The van der Waals surface area contributed by atoms with Crippen molar-refractivity contribution in [2.75, 3.05) is 26.3 Å². The zero-order valence-corrected chi connectivity index (χ0v) is 14.8. The molecule has 0 bridgehead atoms. The van der Waals surface area contributed by atoms with E-state index >= 15 is 0 Å². The molecule has 1 aliphatic rings. The maximum Gasteiger partial charge on any atom is 0.263 e. The third kappa shape index (κ3) is 4.18. The van der Waals surface area contributed by atoms with Crippen molar-refractivity contribution in [1.29, 1.82) is 0 Å². The fourth-order valence-corrected chi connectivity index (χ4v) is 3.55. The number of morpholine rings is 1. The van der Waals surface area contributed by atoms with Crippen LogP contribution in [0.25, 0.3) is 0 Å². The maximum atomic E-state index is 12.3. The van der Waals surface area contributed by atoms with Crippen LogP contribution in [0.4, 0.5) is 0 Å². The van der Waals surface area contributed by atoms with E-state index in [9.17, 15) is 4.79 Å². The van der Waals surface area contributed by atoms with Crippen molar-refractivity contribution in [3.8, 4) is 5.75 Å². The molecule has 1 aromatic rings. The molecular weight excluding hydrogens is 406 g/mol. The highest BCUT2D eigenvalue weighted by Gasteiger charge is 2.25. The molecule has 1 amide bonds. The van der Waals surface area contributed by atoms with Gasteiger partial charge in [0.15, 0.2) is 6.10 Å². The Labute approximate surface area is 140 Å². The van der Waals surface area contributed by atoms with Gasteiger partial charge in [-0.15, -0.1) is 0 Å². The summed E-state index contributed by atoms with van der Waals surface area (Å²) in [6, 6.07) is 3.54. The maximum absolute atomic E-state index is 12.3. The Kier molecular flexibility index (Phi) is 6.04. The summed E-state index contributed by atoms with van der Waals surface area (Å²) < 4.78 is 12.4. The van der Waals surface area contributed by atoms with Crippen LogP contribution < -0.4 is 4.74 Å². The second-order valence-electron chi connectivity index (χ2n) is 4.74. The lowest BCUT2D eigenvalue weighted by molar-refractivity contribution is -0.142. The van der Waals surface area contributed by atoms with Gasteiger partial charge in [-0.1, -0.05) is 0 Å². The number of rotatable bonds is 4. The number of halogens is 2. The molecule has 7 heteroatoms. The normalized spacial score (nSPS) is 16.7. The lowest BCUT2D eigenvalue weighted by Crippen LogP contribution is -2.46. The van der Waals surface area contributed by atoms with Gasteiger partial charge in [0, 0.05) is 13.1 Å². The van der Waals surface area contributed by atoms with Gasteiger partial charge < -0.3 is 19.5 Å². The second-order valence-corrected chi connectivity index (χ2v) is 6.45. The van der Waals surface area contributed by atoms with Crippen LogP contribution in [0.15, 0.2) is 21.1 Å². The molecule has 1 fully saturated rings. The Morgan fingerprint density at radius 1 is 1.38 bits per heavy atom. The minimum Gasteiger partial charge on any atom is -0.479 e. The number of nitrogens with zero attached hydrogens (tertiary/aromatic N) is 1. The molecular formula is C14H17Br2NO4. The van der Waals surface area contributed by atoms with Crippen LogP contribution in [0.5, 0.6) is 5.75 Å². The fourth-order valence-electron chi connectivity index (χ4n) is 2.08. The Hall–Kier alpha value is -0.630. The van der Waals surface area contributed by atoms with E-state index in [2.05, 4.69) is 31.9 Å². The predicted octanol–water partition coefficient (Wildman–Crippen LogP) is 2.33. The highest BCUT2D eigenvalue weighted by molar-refractivity contribution is 9.11. The van der Waals surface area contributed by atoms with Crippen molar-refractivity contribution in [1.82, 2.24) is 4.90 Å². The minimum absolute atomic E-state index is 0.0525. The Morgan fingerprint density at radius 2 is 1.95 bits per heavy atom. The van der Waals surface area contributed by atoms with Crippen molar-refractivity contribution in [2.45, 2.75) is 19.6 Å². The van der Waals surface area contributed by atoms with Crippen LogP contribution in [0, 0.1) is 0 Å².